The molecule has 0 radical (unpaired) electrons. The average Bonchev–Trinajstić information content (AvgIpc) is 3.16. The summed E-state index contributed by atoms with van der Waals surface area (Å²) < 4.78 is 11.2. The average molecular weight is 252 g/mol. The third-order valence-corrected chi connectivity index (χ3v) is 4.29. The molecular formula is C16H28O2. The van der Waals surface area contributed by atoms with Crippen molar-refractivity contribution in [3.63, 3.8) is 0 Å². The largest absolute Gasteiger partial charge is 0.370 e. The minimum atomic E-state index is 0.173. The molecule has 2 heteroatoms. The first kappa shape index (κ1) is 14.1. The smallest absolute Gasteiger partial charge is 0.0923 e. The van der Waals surface area contributed by atoms with Crippen molar-refractivity contribution >= 4 is 0 Å². The van der Waals surface area contributed by atoms with Crippen LogP contribution in [0.5, 0.6) is 0 Å². The van der Waals surface area contributed by atoms with E-state index in [-0.39, 0.29) is 11.2 Å². The topological polar surface area (TPSA) is 25.1 Å². The fourth-order valence-corrected chi connectivity index (χ4v) is 2.57. The van der Waals surface area contributed by atoms with Crippen molar-refractivity contribution in [2.24, 2.45) is 0 Å². The number of unbranched alkanes of at least 4 members (excludes halogenated alkanes) is 2. The highest BCUT2D eigenvalue weighted by Crippen LogP contribution is 2.43. The highest BCUT2D eigenvalue weighted by atomic mass is 16.6. The molecule has 0 spiro atoms. The molecule has 2 saturated heterocycles. The van der Waals surface area contributed by atoms with E-state index in [0.29, 0.717) is 6.10 Å². The second kappa shape index (κ2) is 5.34. The molecule has 18 heavy (non-hydrogen) atoms. The minimum absolute atomic E-state index is 0.173. The van der Waals surface area contributed by atoms with Crippen LogP contribution in [0.3, 0.4) is 0 Å². The summed E-state index contributed by atoms with van der Waals surface area (Å²) in [4.78, 5) is 0. The van der Waals surface area contributed by atoms with Gasteiger partial charge in [0.15, 0.2) is 0 Å². The second-order valence-corrected chi connectivity index (χ2v) is 6.74. The maximum atomic E-state index is 5.85. The van der Waals surface area contributed by atoms with Crippen molar-refractivity contribution in [2.75, 3.05) is 6.61 Å². The molecule has 0 N–H and O–H groups in total. The lowest BCUT2D eigenvalue weighted by molar-refractivity contribution is 0.283. The van der Waals surface area contributed by atoms with Crippen molar-refractivity contribution in [3.05, 3.63) is 11.6 Å². The zero-order chi connectivity index (χ0) is 13.2. The van der Waals surface area contributed by atoms with E-state index in [1.54, 1.807) is 0 Å². The Morgan fingerprint density at radius 3 is 2.44 bits per heavy atom. The first-order chi connectivity index (χ1) is 8.44. The fourth-order valence-electron chi connectivity index (χ4n) is 2.57. The van der Waals surface area contributed by atoms with Crippen LogP contribution in [-0.2, 0) is 9.47 Å². The van der Waals surface area contributed by atoms with Crippen LogP contribution in [0.25, 0.3) is 0 Å². The third-order valence-electron chi connectivity index (χ3n) is 4.29. The number of allylic oxidation sites excluding steroid dienone is 1. The number of rotatable bonds is 8. The van der Waals surface area contributed by atoms with Crippen LogP contribution in [0.15, 0.2) is 11.6 Å². The number of ether oxygens (including phenoxy) is 2. The molecule has 0 bridgehead atoms. The molecular weight excluding hydrogens is 224 g/mol. The van der Waals surface area contributed by atoms with Crippen LogP contribution in [0, 0.1) is 0 Å². The van der Waals surface area contributed by atoms with Crippen LogP contribution >= 0.6 is 0 Å². The maximum absolute atomic E-state index is 5.85. The predicted molar refractivity (Wildman–Crippen MR) is 74.8 cm³/mol. The van der Waals surface area contributed by atoms with E-state index in [2.05, 4.69) is 33.8 Å². The molecule has 0 aliphatic carbocycles. The highest BCUT2D eigenvalue weighted by Gasteiger charge is 2.50. The molecule has 3 atom stereocenters. The van der Waals surface area contributed by atoms with Gasteiger partial charge >= 0.3 is 0 Å². The van der Waals surface area contributed by atoms with Crippen molar-refractivity contribution < 1.29 is 9.47 Å². The van der Waals surface area contributed by atoms with Gasteiger partial charge in [-0.2, -0.15) is 0 Å². The van der Waals surface area contributed by atoms with Gasteiger partial charge in [0.1, 0.15) is 0 Å². The van der Waals surface area contributed by atoms with Gasteiger partial charge in [-0.15, -0.1) is 0 Å². The predicted octanol–water partition coefficient (Wildman–Crippen LogP) is 4.24. The molecule has 0 amide bonds. The molecule has 2 fully saturated rings. The van der Waals surface area contributed by atoms with Gasteiger partial charge in [-0.05, 0) is 47.0 Å². The Morgan fingerprint density at radius 1 is 1.17 bits per heavy atom. The van der Waals surface area contributed by atoms with Gasteiger partial charge in [0, 0.05) is 0 Å². The van der Waals surface area contributed by atoms with E-state index in [0.717, 1.165) is 13.0 Å². The summed E-state index contributed by atoms with van der Waals surface area (Å²) in [5, 5.41) is 0. The van der Waals surface area contributed by atoms with Crippen molar-refractivity contribution in [3.8, 4) is 0 Å². The van der Waals surface area contributed by atoms with E-state index in [9.17, 15) is 0 Å². The van der Waals surface area contributed by atoms with Gasteiger partial charge in [0.25, 0.3) is 0 Å². The quantitative estimate of drug-likeness (QED) is 0.367. The summed E-state index contributed by atoms with van der Waals surface area (Å²) in [6, 6.07) is 0. The van der Waals surface area contributed by atoms with Crippen LogP contribution in [0.2, 0.25) is 0 Å². The van der Waals surface area contributed by atoms with Crippen LogP contribution in [0.1, 0.15) is 66.2 Å². The maximum Gasteiger partial charge on any atom is 0.0923 e. The normalized spacial score (nSPS) is 37.4. The third kappa shape index (κ3) is 4.10. The summed E-state index contributed by atoms with van der Waals surface area (Å²) in [5.74, 6) is 0. The summed E-state index contributed by atoms with van der Waals surface area (Å²) in [7, 11) is 0. The number of hydrogen-bond donors (Lipinski definition) is 0. The Morgan fingerprint density at radius 2 is 1.83 bits per heavy atom. The molecule has 2 rings (SSSR count). The van der Waals surface area contributed by atoms with Gasteiger partial charge in [0.2, 0.25) is 0 Å². The second-order valence-electron chi connectivity index (χ2n) is 6.74. The first-order valence-electron chi connectivity index (χ1n) is 7.39. The lowest BCUT2D eigenvalue weighted by atomic mass is 9.96. The molecule has 104 valence electrons. The van der Waals surface area contributed by atoms with Gasteiger partial charge in [-0.25, -0.2) is 0 Å². The number of epoxide rings is 2. The molecule has 0 aromatic carbocycles. The van der Waals surface area contributed by atoms with Crippen molar-refractivity contribution in [2.45, 2.75) is 83.5 Å². The summed E-state index contributed by atoms with van der Waals surface area (Å²) in [6.07, 6.45) is 10.2. The zero-order valence-electron chi connectivity index (χ0n) is 12.4. The van der Waals surface area contributed by atoms with E-state index < -0.39 is 0 Å². The van der Waals surface area contributed by atoms with Gasteiger partial charge in [-0.3, -0.25) is 0 Å². The van der Waals surface area contributed by atoms with Gasteiger partial charge in [-0.1, -0.05) is 30.9 Å². The standard InChI is InChI=1S/C16H28O2/c1-13(2)8-9-14-16(4,18-14)11-7-5-6-10-15(3)12-17-15/h8,14H,5-7,9-12H2,1-4H3/t14-,15?,16-/m1/s1. The first-order valence-corrected chi connectivity index (χ1v) is 7.39. The minimum Gasteiger partial charge on any atom is -0.370 e. The molecule has 2 aliphatic heterocycles. The molecule has 2 aliphatic rings. The fraction of sp³-hybridized carbons (Fsp3) is 0.875. The van der Waals surface area contributed by atoms with E-state index in [4.69, 9.17) is 9.47 Å². The monoisotopic (exact) mass is 252 g/mol. The highest BCUT2D eigenvalue weighted by molar-refractivity contribution is 5.05. The van der Waals surface area contributed by atoms with E-state index in [1.807, 2.05) is 0 Å². The van der Waals surface area contributed by atoms with Gasteiger partial charge < -0.3 is 9.47 Å². The van der Waals surface area contributed by atoms with Crippen molar-refractivity contribution in [1.82, 2.24) is 0 Å². The zero-order valence-corrected chi connectivity index (χ0v) is 12.4. The molecule has 2 nitrogen and oxygen atoms in total. The Bertz CT molecular complexity index is 313. The summed E-state index contributed by atoms with van der Waals surface area (Å²) >= 11 is 0. The molecule has 1 unspecified atom stereocenters. The molecule has 0 aromatic rings. The van der Waals surface area contributed by atoms with E-state index in [1.165, 1.54) is 37.7 Å². The molecule has 2 heterocycles. The lowest BCUT2D eigenvalue weighted by Gasteiger charge is -2.07. The SMILES string of the molecule is CC(C)=CC[C@H]1O[C@]1(C)CCCCCC1(C)CO1. The molecule has 0 saturated carbocycles. The van der Waals surface area contributed by atoms with Crippen LogP contribution in [-0.4, -0.2) is 23.9 Å². The molecule has 0 aromatic heterocycles. The van der Waals surface area contributed by atoms with Crippen molar-refractivity contribution in [1.29, 1.82) is 0 Å². The van der Waals surface area contributed by atoms with Crippen LogP contribution < -0.4 is 0 Å². The van der Waals surface area contributed by atoms with E-state index >= 15 is 0 Å². The Balaban J connectivity index is 1.53. The lowest BCUT2D eigenvalue weighted by Crippen LogP contribution is -2.09. The number of hydrogen-bond acceptors (Lipinski definition) is 2. The van der Waals surface area contributed by atoms with Crippen LogP contribution in [0.4, 0.5) is 0 Å². The summed E-state index contributed by atoms with van der Waals surface area (Å²) in [6.45, 7) is 9.76. The Kier molecular flexibility index (Phi) is 4.18. The Hall–Kier alpha value is -0.340. The Labute approximate surface area is 112 Å². The summed E-state index contributed by atoms with van der Waals surface area (Å²) in [5.41, 5.74) is 1.81. The van der Waals surface area contributed by atoms with Gasteiger partial charge in [0.05, 0.1) is 23.9 Å².